The number of anilines is 3. The molecule has 0 aliphatic carbocycles. The Kier molecular flexibility index (Phi) is 4.59. The zero-order chi connectivity index (χ0) is 11.1. The second-order valence-corrected chi connectivity index (χ2v) is 3.19. The summed E-state index contributed by atoms with van der Waals surface area (Å²) in [5, 5.41) is 6.14. The Labute approximate surface area is 89.7 Å². The van der Waals surface area contributed by atoms with Gasteiger partial charge in [0.25, 0.3) is 0 Å². The number of nitrogens with two attached hydrogens (primary N) is 1. The smallest absolute Gasteiger partial charge is 0.229 e. The van der Waals surface area contributed by atoms with E-state index in [2.05, 4.69) is 39.4 Å². The molecule has 1 aromatic rings. The highest BCUT2D eigenvalue weighted by Gasteiger charge is 2.02. The molecule has 0 unspecified atom stereocenters. The molecule has 15 heavy (non-hydrogen) atoms. The van der Waals surface area contributed by atoms with Gasteiger partial charge in [-0.15, -0.1) is 0 Å². The van der Waals surface area contributed by atoms with Gasteiger partial charge in [0.2, 0.25) is 17.8 Å². The SMILES string of the molecule is CCCNc1nc(N)nc(NCCC)n1. The highest BCUT2D eigenvalue weighted by molar-refractivity contribution is 5.39. The number of nitrogens with one attached hydrogen (secondary N) is 2. The molecule has 1 heterocycles. The first-order valence-corrected chi connectivity index (χ1v) is 5.25. The van der Waals surface area contributed by atoms with E-state index in [0.29, 0.717) is 11.9 Å². The van der Waals surface area contributed by atoms with Crippen molar-refractivity contribution < 1.29 is 0 Å². The molecule has 0 fully saturated rings. The van der Waals surface area contributed by atoms with E-state index in [9.17, 15) is 0 Å². The number of nitrogens with zero attached hydrogens (tertiary/aromatic N) is 3. The van der Waals surface area contributed by atoms with Crippen LogP contribution in [0.5, 0.6) is 0 Å². The van der Waals surface area contributed by atoms with Gasteiger partial charge < -0.3 is 16.4 Å². The van der Waals surface area contributed by atoms with E-state index >= 15 is 0 Å². The Hall–Kier alpha value is -1.59. The van der Waals surface area contributed by atoms with E-state index in [1.165, 1.54) is 0 Å². The first-order valence-electron chi connectivity index (χ1n) is 5.25. The lowest BCUT2D eigenvalue weighted by Gasteiger charge is -2.07. The van der Waals surface area contributed by atoms with Crippen molar-refractivity contribution in [3.63, 3.8) is 0 Å². The Balaban J connectivity index is 2.66. The minimum Gasteiger partial charge on any atom is -0.368 e. The topological polar surface area (TPSA) is 88.8 Å². The highest BCUT2D eigenvalue weighted by Crippen LogP contribution is 2.06. The lowest BCUT2D eigenvalue weighted by atomic mass is 10.5. The van der Waals surface area contributed by atoms with Crippen molar-refractivity contribution in [3.05, 3.63) is 0 Å². The molecular formula is C9H18N6. The van der Waals surface area contributed by atoms with Crippen LogP contribution in [0.1, 0.15) is 26.7 Å². The van der Waals surface area contributed by atoms with Gasteiger partial charge in [-0.2, -0.15) is 15.0 Å². The van der Waals surface area contributed by atoms with Crippen LogP contribution in [-0.2, 0) is 0 Å². The van der Waals surface area contributed by atoms with E-state index in [1.807, 2.05) is 0 Å². The number of hydrogen-bond acceptors (Lipinski definition) is 6. The maximum atomic E-state index is 5.56. The predicted octanol–water partition coefficient (Wildman–Crippen LogP) is 1.10. The van der Waals surface area contributed by atoms with Crippen LogP contribution in [0, 0.1) is 0 Å². The van der Waals surface area contributed by atoms with Gasteiger partial charge in [-0.05, 0) is 12.8 Å². The van der Waals surface area contributed by atoms with E-state index < -0.39 is 0 Å². The van der Waals surface area contributed by atoms with Gasteiger partial charge in [0.05, 0.1) is 0 Å². The normalized spacial score (nSPS) is 10.0. The summed E-state index contributed by atoms with van der Waals surface area (Å²) in [4.78, 5) is 12.2. The van der Waals surface area contributed by atoms with Crippen molar-refractivity contribution >= 4 is 17.8 Å². The lowest BCUT2D eigenvalue weighted by Crippen LogP contribution is -2.11. The molecule has 1 rings (SSSR count). The summed E-state index contributed by atoms with van der Waals surface area (Å²) in [6.07, 6.45) is 2.03. The molecule has 0 aliphatic rings. The summed E-state index contributed by atoms with van der Waals surface area (Å²) in [5.41, 5.74) is 5.56. The summed E-state index contributed by atoms with van der Waals surface area (Å²) in [6, 6.07) is 0. The van der Waals surface area contributed by atoms with Crippen LogP contribution in [0.15, 0.2) is 0 Å². The Bertz CT molecular complexity index is 274. The zero-order valence-corrected chi connectivity index (χ0v) is 9.25. The molecule has 6 heteroatoms. The van der Waals surface area contributed by atoms with Gasteiger partial charge >= 0.3 is 0 Å². The maximum absolute atomic E-state index is 5.56. The summed E-state index contributed by atoms with van der Waals surface area (Å²) in [6.45, 7) is 5.81. The minimum atomic E-state index is 0.238. The van der Waals surface area contributed by atoms with Crippen LogP contribution in [0.4, 0.5) is 17.8 Å². The molecule has 4 N–H and O–H groups in total. The van der Waals surface area contributed by atoms with Crippen molar-refractivity contribution in [1.82, 2.24) is 15.0 Å². The first-order chi connectivity index (χ1) is 7.26. The van der Waals surface area contributed by atoms with Crippen molar-refractivity contribution in [2.45, 2.75) is 26.7 Å². The van der Waals surface area contributed by atoms with E-state index in [0.717, 1.165) is 25.9 Å². The van der Waals surface area contributed by atoms with E-state index in [-0.39, 0.29) is 5.95 Å². The molecule has 0 radical (unpaired) electrons. The molecule has 0 aliphatic heterocycles. The Morgan fingerprint density at radius 2 is 1.40 bits per heavy atom. The van der Waals surface area contributed by atoms with Crippen LogP contribution < -0.4 is 16.4 Å². The molecule has 0 spiro atoms. The van der Waals surface area contributed by atoms with E-state index in [1.54, 1.807) is 0 Å². The van der Waals surface area contributed by atoms with Gasteiger partial charge in [0, 0.05) is 13.1 Å². The average molecular weight is 210 g/mol. The fraction of sp³-hybridized carbons (Fsp3) is 0.667. The fourth-order valence-corrected chi connectivity index (χ4v) is 1.02. The lowest BCUT2D eigenvalue weighted by molar-refractivity contribution is 0.921. The number of hydrogen-bond donors (Lipinski definition) is 3. The predicted molar refractivity (Wildman–Crippen MR) is 61.8 cm³/mol. The minimum absolute atomic E-state index is 0.238. The molecule has 0 amide bonds. The van der Waals surface area contributed by atoms with Crippen LogP contribution in [-0.4, -0.2) is 28.0 Å². The molecule has 0 saturated carbocycles. The van der Waals surface area contributed by atoms with Crippen molar-refractivity contribution in [3.8, 4) is 0 Å². The molecule has 1 aromatic heterocycles. The molecular weight excluding hydrogens is 192 g/mol. The summed E-state index contributed by atoms with van der Waals surface area (Å²) in [5.74, 6) is 1.30. The summed E-state index contributed by atoms with van der Waals surface area (Å²) >= 11 is 0. The van der Waals surface area contributed by atoms with Gasteiger partial charge in [-0.25, -0.2) is 0 Å². The Morgan fingerprint density at radius 3 is 1.80 bits per heavy atom. The second kappa shape index (κ2) is 6.00. The third-order valence-corrected chi connectivity index (χ3v) is 1.72. The summed E-state index contributed by atoms with van der Waals surface area (Å²) in [7, 11) is 0. The first kappa shape index (κ1) is 11.5. The molecule has 0 bridgehead atoms. The van der Waals surface area contributed by atoms with Crippen molar-refractivity contribution in [2.24, 2.45) is 0 Å². The quantitative estimate of drug-likeness (QED) is 0.651. The molecule has 0 aromatic carbocycles. The molecule has 0 saturated heterocycles. The molecule has 0 atom stereocenters. The number of nitrogen functional groups attached to an aromatic ring is 1. The fourth-order valence-electron chi connectivity index (χ4n) is 1.02. The standard InChI is InChI=1S/C9H18N6/c1-3-5-11-8-13-7(10)14-9(15-8)12-6-4-2/h3-6H2,1-2H3,(H4,10,11,12,13,14,15). The van der Waals surface area contributed by atoms with Crippen LogP contribution in [0.25, 0.3) is 0 Å². The van der Waals surface area contributed by atoms with Crippen LogP contribution in [0.2, 0.25) is 0 Å². The monoisotopic (exact) mass is 210 g/mol. The maximum Gasteiger partial charge on any atom is 0.229 e. The van der Waals surface area contributed by atoms with Gasteiger partial charge in [-0.3, -0.25) is 0 Å². The van der Waals surface area contributed by atoms with Crippen LogP contribution in [0.3, 0.4) is 0 Å². The third-order valence-electron chi connectivity index (χ3n) is 1.72. The van der Waals surface area contributed by atoms with E-state index in [4.69, 9.17) is 5.73 Å². The average Bonchev–Trinajstić information content (AvgIpc) is 2.23. The Morgan fingerprint density at radius 1 is 0.933 bits per heavy atom. The largest absolute Gasteiger partial charge is 0.368 e. The van der Waals surface area contributed by atoms with Crippen LogP contribution >= 0.6 is 0 Å². The van der Waals surface area contributed by atoms with Gasteiger partial charge in [0.15, 0.2) is 0 Å². The third kappa shape index (κ3) is 3.97. The number of aromatic nitrogens is 3. The second-order valence-electron chi connectivity index (χ2n) is 3.19. The molecule has 6 nitrogen and oxygen atoms in total. The van der Waals surface area contributed by atoms with Crippen molar-refractivity contribution in [2.75, 3.05) is 29.5 Å². The van der Waals surface area contributed by atoms with Gasteiger partial charge in [0.1, 0.15) is 0 Å². The van der Waals surface area contributed by atoms with Crippen molar-refractivity contribution in [1.29, 1.82) is 0 Å². The number of rotatable bonds is 6. The highest BCUT2D eigenvalue weighted by atomic mass is 15.2. The zero-order valence-electron chi connectivity index (χ0n) is 9.25. The molecule has 84 valence electrons. The van der Waals surface area contributed by atoms with Gasteiger partial charge in [-0.1, -0.05) is 13.8 Å². The summed E-state index contributed by atoms with van der Waals surface area (Å²) < 4.78 is 0.